The minimum absolute atomic E-state index is 0. The first-order chi connectivity index (χ1) is 10.1. The molecule has 0 aromatic carbocycles. The molecule has 1 aliphatic heterocycles. The first-order valence-electron chi connectivity index (χ1n) is 8.52. The number of likely N-dealkylation sites (N-methyl/N-ethyl adjacent to an activating group) is 1. The maximum Gasteiger partial charge on any atom is 0.188 e. The molecule has 1 heterocycles. The minimum atomic E-state index is 0. The molecule has 0 bridgehead atoms. The summed E-state index contributed by atoms with van der Waals surface area (Å²) >= 11 is 0. The molecule has 2 aliphatic rings. The third kappa shape index (κ3) is 6.20. The SMILES string of the molecule is CC(C)C(CN=C(N)NCC1CCC1)N1CCN(C)CC1.I. The number of halogens is 1. The number of nitrogens with zero attached hydrogens (tertiary/aromatic N) is 3. The van der Waals surface area contributed by atoms with Gasteiger partial charge in [-0.2, -0.15) is 0 Å². The lowest BCUT2D eigenvalue weighted by molar-refractivity contribution is 0.0925. The summed E-state index contributed by atoms with van der Waals surface area (Å²) in [7, 11) is 2.20. The van der Waals surface area contributed by atoms with E-state index in [1.165, 1.54) is 19.3 Å². The molecule has 0 amide bonds. The van der Waals surface area contributed by atoms with E-state index in [4.69, 9.17) is 5.73 Å². The molecule has 3 N–H and O–H groups in total. The van der Waals surface area contributed by atoms with Crippen molar-refractivity contribution in [2.45, 2.75) is 39.2 Å². The van der Waals surface area contributed by atoms with E-state index in [0.717, 1.165) is 45.2 Å². The summed E-state index contributed by atoms with van der Waals surface area (Å²) in [4.78, 5) is 9.57. The van der Waals surface area contributed by atoms with E-state index in [2.05, 4.69) is 41.0 Å². The Morgan fingerprint density at radius 2 is 1.86 bits per heavy atom. The van der Waals surface area contributed by atoms with Crippen LogP contribution >= 0.6 is 24.0 Å². The molecule has 0 aromatic rings. The van der Waals surface area contributed by atoms with E-state index < -0.39 is 0 Å². The molecular weight excluding hydrogens is 389 g/mol. The van der Waals surface area contributed by atoms with Crippen LogP contribution in [0, 0.1) is 11.8 Å². The van der Waals surface area contributed by atoms with Gasteiger partial charge in [0.25, 0.3) is 0 Å². The smallest absolute Gasteiger partial charge is 0.188 e. The molecule has 1 unspecified atom stereocenters. The summed E-state index contributed by atoms with van der Waals surface area (Å²) in [5.74, 6) is 2.05. The van der Waals surface area contributed by atoms with Crippen molar-refractivity contribution in [1.29, 1.82) is 0 Å². The van der Waals surface area contributed by atoms with E-state index in [9.17, 15) is 0 Å². The average Bonchev–Trinajstić information content (AvgIpc) is 2.39. The fourth-order valence-electron chi connectivity index (χ4n) is 3.10. The topological polar surface area (TPSA) is 56.9 Å². The predicted octanol–water partition coefficient (Wildman–Crippen LogP) is 1.58. The van der Waals surface area contributed by atoms with Gasteiger partial charge in [0.05, 0.1) is 6.54 Å². The summed E-state index contributed by atoms with van der Waals surface area (Å²) in [5, 5.41) is 3.29. The van der Waals surface area contributed by atoms with Crippen LogP contribution in [-0.2, 0) is 0 Å². The average molecular weight is 423 g/mol. The molecule has 1 saturated heterocycles. The Kier molecular flexibility index (Phi) is 9.01. The largest absolute Gasteiger partial charge is 0.370 e. The van der Waals surface area contributed by atoms with Crippen molar-refractivity contribution in [3.63, 3.8) is 0 Å². The van der Waals surface area contributed by atoms with Crippen molar-refractivity contribution < 1.29 is 0 Å². The van der Waals surface area contributed by atoms with Crippen LogP contribution in [0.25, 0.3) is 0 Å². The van der Waals surface area contributed by atoms with Crippen LogP contribution in [0.4, 0.5) is 0 Å². The van der Waals surface area contributed by atoms with Gasteiger partial charge in [0.15, 0.2) is 5.96 Å². The van der Waals surface area contributed by atoms with Crippen molar-refractivity contribution in [1.82, 2.24) is 15.1 Å². The Morgan fingerprint density at radius 1 is 1.23 bits per heavy atom. The van der Waals surface area contributed by atoms with Crippen LogP contribution in [0.5, 0.6) is 0 Å². The Morgan fingerprint density at radius 3 is 2.36 bits per heavy atom. The summed E-state index contributed by atoms with van der Waals surface area (Å²) in [5.41, 5.74) is 6.01. The molecule has 1 aliphatic carbocycles. The van der Waals surface area contributed by atoms with Crippen LogP contribution in [0.3, 0.4) is 0 Å². The van der Waals surface area contributed by atoms with Crippen molar-refractivity contribution in [3.05, 3.63) is 0 Å². The molecule has 0 radical (unpaired) electrons. The molecule has 5 nitrogen and oxygen atoms in total. The van der Waals surface area contributed by atoms with Crippen molar-refractivity contribution in [2.75, 3.05) is 46.3 Å². The van der Waals surface area contributed by atoms with Crippen LogP contribution in [-0.4, -0.2) is 68.1 Å². The van der Waals surface area contributed by atoms with Gasteiger partial charge in [-0.3, -0.25) is 9.89 Å². The summed E-state index contributed by atoms with van der Waals surface area (Å²) in [6.45, 7) is 11.0. The second-order valence-corrected chi connectivity index (χ2v) is 7.05. The lowest BCUT2D eigenvalue weighted by Crippen LogP contribution is -2.52. The van der Waals surface area contributed by atoms with E-state index in [1.54, 1.807) is 0 Å². The normalized spacial score (nSPS) is 23.0. The quantitative estimate of drug-likeness (QED) is 0.387. The number of nitrogens with two attached hydrogens (primary N) is 1. The van der Waals surface area contributed by atoms with Crippen LogP contribution in [0.15, 0.2) is 4.99 Å². The first-order valence-corrected chi connectivity index (χ1v) is 8.52. The van der Waals surface area contributed by atoms with Gasteiger partial charge in [0.2, 0.25) is 0 Å². The first kappa shape index (κ1) is 20.0. The Hall–Kier alpha value is -0.0800. The van der Waals surface area contributed by atoms with Gasteiger partial charge >= 0.3 is 0 Å². The van der Waals surface area contributed by atoms with Crippen molar-refractivity contribution >= 4 is 29.9 Å². The van der Waals surface area contributed by atoms with Crippen LogP contribution in [0.2, 0.25) is 0 Å². The van der Waals surface area contributed by atoms with Gasteiger partial charge in [-0.1, -0.05) is 20.3 Å². The van der Waals surface area contributed by atoms with Crippen LogP contribution < -0.4 is 11.1 Å². The highest BCUT2D eigenvalue weighted by molar-refractivity contribution is 14.0. The standard InChI is InChI=1S/C16H33N5.HI/c1-13(2)15(21-9-7-20(3)8-10-21)12-19-16(17)18-11-14-5-4-6-14;/h13-15H,4-12H2,1-3H3,(H3,17,18,19);1H. The molecular formula is C16H34IN5. The minimum Gasteiger partial charge on any atom is -0.370 e. The zero-order valence-electron chi connectivity index (χ0n) is 14.4. The van der Waals surface area contributed by atoms with Gasteiger partial charge in [-0.25, -0.2) is 0 Å². The molecule has 0 aromatic heterocycles. The number of guanidine groups is 1. The second-order valence-electron chi connectivity index (χ2n) is 7.05. The summed E-state index contributed by atoms with van der Waals surface area (Å²) in [6, 6.07) is 0.503. The zero-order valence-corrected chi connectivity index (χ0v) is 16.8. The molecule has 6 heteroatoms. The molecule has 2 rings (SSSR count). The van der Waals surface area contributed by atoms with E-state index in [1.807, 2.05) is 0 Å². The maximum atomic E-state index is 6.01. The van der Waals surface area contributed by atoms with Gasteiger partial charge in [-0.05, 0) is 31.7 Å². The van der Waals surface area contributed by atoms with Crippen molar-refractivity contribution in [3.8, 4) is 0 Å². The van der Waals surface area contributed by atoms with Gasteiger partial charge < -0.3 is 16.0 Å². The highest BCUT2D eigenvalue weighted by atomic mass is 127. The highest BCUT2D eigenvalue weighted by Crippen LogP contribution is 2.25. The lowest BCUT2D eigenvalue weighted by Gasteiger charge is -2.39. The Balaban J connectivity index is 0.00000242. The maximum absolute atomic E-state index is 6.01. The number of aliphatic imine (C=N–C) groups is 1. The fourth-order valence-corrected chi connectivity index (χ4v) is 3.10. The summed E-state index contributed by atoms with van der Waals surface area (Å²) < 4.78 is 0. The van der Waals surface area contributed by atoms with Gasteiger partial charge in [0, 0.05) is 38.8 Å². The Labute approximate surface area is 153 Å². The summed E-state index contributed by atoms with van der Waals surface area (Å²) in [6.07, 6.45) is 4.06. The molecule has 130 valence electrons. The predicted molar refractivity (Wildman–Crippen MR) is 105 cm³/mol. The van der Waals surface area contributed by atoms with Gasteiger partial charge in [0.1, 0.15) is 0 Å². The third-order valence-corrected chi connectivity index (χ3v) is 5.02. The molecule has 22 heavy (non-hydrogen) atoms. The zero-order chi connectivity index (χ0) is 15.2. The Bertz CT molecular complexity index is 335. The molecule has 2 fully saturated rings. The number of piperazine rings is 1. The number of hydrogen-bond donors (Lipinski definition) is 2. The number of nitrogens with one attached hydrogen (secondary N) is 1. The number of hydrogen-bond acceptors (Lipinski definition) is 3. The third-order valence-electron chi connectivity index (χ3n) is 5.02. The van der Waals surface area contributed by atoms with Crippen LogP contribution in [0.1, 0.15) is 33.1 Å². The van der Waals surface area contributed by atoms with E-state index in [-0.39, 0.29) is 24.0 Å². The molecule has 0 spiro atoms. The molecule has 1 saturated carbocycles. The monoisotopic (exact) mass is 423 g/mol. The van der Waals surface area contributed by atoms with Gasteiger partial charge in [-0.15, -0.1) is 24.0 Å². The molecule has 1 atom stereocenters. The number of rotatable bonds is 6. The van der Waals surface area contributed by atoms with Crippen molar-refractivity contribution in [2.24, 2.45) is 22.6 Å². The lowest BCUT2D eigenvalue weighted by atomic mass is 9.85. The second kappa shape index (κ2) is 9.93. The fraction of sp³-hybridized carbons (Fsp3) is 0.938. The van der Waals surface area contributed by atoms with E-state index in [0.29, 0.717) is 17.9 Å². The highest BCUT2D eigenvalue weighted by Gasteiger charge is 2.24. The van der Waals surface area contributed by atoms with E-state index >= 15 is 0 Å².